The van der Waals surface area contributed by atoms with Crippen LogP contribution in [0.3, 0.4) is 0 Å². The summed E-state index contributed by atoms with van der Waals surface area (Å²) in [4.78, 5) is 16.9. The lowest BCUT2D eigenvalue weighted by Crippen LogP contribution is -2.46. The van der Waals surface area contributed by atoms with Gasteiger partial charge in [-0.2, -0.15) is 5.26 Å². The van der Waals surface area contributed by atoms with Crippen LogP contribution in [0.25, 0.3) is 5.69 Å². The summed E-state index contributed by atoms with van der Waals surface area (Å²) in [5.41, 5.74) is 9.53. The van der Waals surface area contributed by atoms with Crippen molar-refractivity contribution < 1.29 is 14.3 Å². The number of aromatic nitrogens is 1. The smallest absolute Gasteiger partial charge is 0.357 e. The summed E-state index contributed by atoms with van der Waals surface area (Å²) in [7, 11) is 2.96. The molecule has 164 valence electrons. The van der Waals surface area contributed by atoms with Crippen LogP contribution in [-0.4, -0.2) is 50.9 Å². The highest BCUT2D eigenvalue weighted by Gasteiger charge is 2.22. The fraction of sp³-hybridized carbons (Fsp3) is 0.250. The molecule has 4 rings (SSSR count). The van der Waals surface area contributed by atoms with Crippen molar-refractivity contribution in [1.82, 2.24) is 4.57 Å². The van der Waals surface area contributed by atoms with E-state index < -0.39 is 5.97 Å². The van der Waals surface area contributed by atoms with E-state index in [9.17, 15) is 10.1 Å². The van der Waals surface area contributed by atoms with Gasteiger partial charge in [0.05, 0.1) is 25.5 Å². The number of nitrogens with zero attached hydrogens (tertiary/aromatic N) is 4. The van der Waals surface area contributed by atoms with Crippen molar-refractivity contribution in [2.24, 2.45) is 0 Å². The molecule has 0 aliphatic carbocycles. The predicted molar refractivity (Wildman–Crippen MR) is 124 cm³/mol. The molecule has 0 radical (unpaired) electrons. The molecule has 1 aliphatic rings. The molecular weight excluding hydrogens is 406 g/mol. The summed E-state index contributed by atoms with van der Waals surface area (Å²) in [5.74, 6) is 0.275. The van der Waals surface area contributed by atoms with Crippen LogP contribution in [0.2, 0.25) is 0 Å². The number of anilines is 3. The molecule has 1 aliphatic heterocycles. The molecule has 0 bridgehead atoms. The zero-order valence-corrected chi connectivity index (χ0v) is 18.1. The van der Waals surface area contributed by atoms with E-state index in [1.54, 1.807) is 17.9 Å². The first-order chi connectivity index (χ1) is 15.5. The van der Waals surface area contributed by atoms with Gasteiger partial charge in [0.2, 0.25) is 0 Å². The van der Waals surface area contributed by atoms with E-state index in [-0.39, 0.29) is 16.9 Å². The highest BCUT2D eigenvalue weighted by atomic mass is 16.5. The third kappa shape index (κ3) is 3.93. The highest BCUT2D eigenvalue weighted by molar-refractivity contribution is 5.96. The van der Waals surface area contributed by atoms with Crippen molar-refractivity contribution in [1.29, 1.82) is 5.26 Å². The Labute approximate surface area is 187 Å². The van der Waals surface area contributed by atoms with Crippen LogP contribution in [0, 0.1) is 11.3 Å². The summed E-state index contributed by atoms with van der Waals surface area (Å²) in [6.07, 6.45) is 1.56. The second kappa shape index (κ2) is 8.94. The van der Waals surface area contributed by atoms with Crippen molar-refractivity contribution in [2.45, 2.75) is 0 Å². The molecule has 0 saturated carbocycles. The first-order valence-corrected chi connectivity index (χ1v) is 10.3. The summed E-state index contributed by atoms with van der Waals surface area (Å²) >= 11 is 0. The Kier molecular flexibility index (Phi) is 5.90. The molecule has 3 aromatic rings. The zero-order chi connectivity index (χ0) is 22.7. The van der Waals surface area contributed by atoms with Crippen LogP contribution < -0.4 is 20.3 Å². The third-order valence-corrected chi connectivity index (χ3v) is 5.75. The van der Waals surface area contributed by atoms with Gasteiger partial charge < -0.3 is 29.6 Å². The number of nitrogen functional groups attached to an aromatic ring is 1. The number of carbonyl (C=O) groups is 1. The fourth-order valence-electron chi connectivity index (χ4n) is 3.96. The maximum atomic E-state index is 12.2. The normalized spacial score (nSPS) is 13.5. The Morgan fingerprint density at radius 2 is 1.41 bits per heavy atom. The summed E-state index contributed by atoms with van der Waals surface area (Å²) in [5, 5.41) is 9.29. The van der Waals surface area contributed by atoms with Crippen LogP contribution >= 0.6 is 0 Å². The molecule has 0 atom stereocenters. The van der Waals surface area contributed by atoms with Gasteiger partial charge in [0, 0.05) is 49.4 Å². The lowest BCUT2D eigenvalue weighted by molar-refractivity contribution is 0.0593. The van der Waals surface area contributed by atoms with E-state index in [1.807, 2.05) is 42.5 Å². The standard InChI is InChI=1S/C24H25N5O3/c1-31-21-9-7-19(8-10-21)28-13-11-27(12-14-28)18-3-5-20(6-4-18)29-16-17(15-25)22(26)23(29)24(30)32-2/h3-10,16H,11-14,26H2,1-2H3. The average molecular weight is 431 g/mol. The molecular formula is C24H25N5O3. The lowest BCUT2D eigenvalue weighted by atomic mass is 10.2. The number of methoxy groups -OCH3 is 2. The van der Waals surface area contributed by atoms with Crippen molar-refractivity contribution in [3.63, 3.8) is 0 Å². The van der Waals surface area contributed by atoms with Gasteiger partial charge in [0.15, 0.2) is 5.69 Å². The number of rotatable bonds is 5. The van der Waals surface area contributed by atoms with Crippen LogP contribution in [0.1, 0.15) is 16.1 Å². The van der Waals surface area contributed by atoms with Crippen molar-refractivity contribution in [3.05, 3.63) is 66.0 Å². The van der Waals surface area contributed by atoms with Gasteiger partial charge in [0.25, 0.3) is 0 Å². The minimum Gasteiger partial charge on any atom is -0.497 e. The molecule has 8 heteroatoms. The Morgan fingerprint density at radius 1 is 0.906 bits per heavy atom. The van der Waals surface area contributed by atoms with Gasteiger partial charge in [-0.15, -0.1) is 0 Å². The van der Waals surface area contributed by atoms with Gasteiger partial charge in [-0.1, -0.05) is 0 Å². The number of piperazine rings is 1. The number of esters is 1. The number of benzene rings is 2. The maximum absolute atomic E-state index is 12.2. The highest BCUT2D eigenvalue weighted by Crippen LogP contribution is 2.27. The molecule has 2 aromatic carbocycles. The van der Waals surface area contributed by atoms with Gasteiger partial charge in [-0.25, -0.2) is 4.79 Å². The quantitative estimate of drug-likeness (QED) is 0.620. The second-order valence-electron chi connectivity index (χ2n) is 7.47. The van der Waals surface area contributed by atoms with Crippen LogP contribution in [0.15, 0.2) is 54.7 Å². The Balaban J connectivity index is 1.48. The zero-order valence-electron chi connectivity index (χ0n) is 18.1. The number of nitrogens with two attached hydrogens (primary N) is 1. The van der Waals surface area contributed by atoms with Crippen LogP contribution in [0.4, 0.5) is 17.1 Å². The monoisotopic (exact) mass is 431 g/mol. The third-order valence-electron chi connectivity index (χ3n) is 5.75. The van der Waals surface area contributed by atoms with E-state index in [2.05, 4.69) is 21.9 Å². The Hall–Kier alpha value is -4.12. The molecule has 0 spiro atoms. The SMILES string of the molecule is COC(=O)c1c(N)c(C#N)cn1-c1ccc(N2CCN(c3ccc(OC)cc3)CC2)cc1. The molecule has 32 heavy (non-hydrogen) atoms. The van der Waals surface area contributed by atoms with Crippen molar-refractivity contribution in [3.8, 4) is 17.5 Å². The number of carbonyl (C=O) groups excluding carboxylic acids is 1. The van der Waals surface area contributed by atoms with Gasteiger partial charge in [-0.3, -0.25) is 0 Å². The van der Waals surface area contributed by atoms with Crippen LogP contribution in [-0.2, 0) is 4.74 Å². The van der Waals surface area contributed by atoms with Gasteiger partial charge >= 0.3 is 5.97 Å². The number of hydrogen-bond donors (Lipinski definition) is 1. The van der Waals surface area contributed by atoms with Crippen molar-refractivity contribution >= 4 is 23.0 Å². The lowest BCUT2D eigenvalue weighted by Gasteiger charge is -2.37. The fourth-order valence-corrected chi connectivity index (χ4v) is 3.96. The summed E-state index contributed by atoms with van der Waals surface area (Å²) in [6, 6.07) is 18.0. The number of hydrogen-bond acceptors (Lipinski definition) is 7. The average Bonchev–Trinajstić information content (AvgIpc) is 3.20. The second-order valence-corrected chi connectivity index (χ2v) is 7.47. The Morgan fingerprint density at radius 3 is 1.88 bits per heavy atom. The molecule has 1 aromatic heterocycles. The summed E-state index contributed by atoms with van der Waals surface area (Å²) < 4.78 is 11.7. The predicted octanol–water partition coefficient (Wildman–Crippen LogP) is 3.05. The molecule has 0 unspecified atom stereocenters. The van der Waals surface area contributed by atoms with E-state index in [4.69, 9.17) is 15.2 Å². The van der Waals surface area contributed by atoms with E-state index in [0.29, 0.717) is 0 Å². The first-order valence-electron chi connectivity index (χ1n) is 10.3. The molecule has 1 fully saturated rings. The molecule has 2 heterocycles. The van der Waals surface area contributed by atoms with E-state index >= 15 is 0 Å². The van der Waals surface area contributed by atoms with Gasteiger partial charge in [-0.05, 0) is 48.5 Å². The molecule has 1 saturated heterocycles. The van der Waals surface area contributed by atoms with Gasteiger partial charge in [0.1, 0.15) is 11.8 Å². The molecule has 2 N–H and O–H groups in total. The minimum absolute atomic E-state index is 0.123. The van der Waals surface area contributed by atoms with E-state index in [1.165, 1.54) is 12.8 Å². The topological polar surface area (TPSA) is 96.7 Å². The largest absolute Gasteiger partial charge is 0.497 e. The minimum atomic E-state index is -0.581. The summed E-state index contributed by atoms with van der Waals surface area (Å²) in [6.45, 7) is 3.63. The number of nitriles is 1. The molecule has 0 amide bonds. The van der Waals surface area contributed by atoms with Crippen LogP contribution in [0.5, 0.6) is 5.75 Å². The first kappa shape index (κ1) is 21.1. The maximum Gasteiger partial charge on any atom is 0.357 e. The molecule has 8 nitrogen and oxygen atoms in total. The van der Waals surface area contributed by atoms with Crippen molar-refractivity contribution in [2.75, 3.05) is 55.9 Å². The Bertz CT molecular complexity index is 1140. The van der Waals surface area contributed by atoms with E-state index in [0.717, 1.165) is 43.3 Å². The number of ether oxygens (including phenoxy) is 2.